The molecule has 2 heterocycles. The monoisotopic (exact) mass is 436 g/mol. The number of aromatic nitrogens is 2. The van der Waals surface area contributed by atoms with Gasteiger partial charge in [-0.2, -0.15) is 0 Å². The van der Waals surface area contributed by atoms with Crippen LogP contribution in [0.3, 0.4) is 0 Å². The van der Waals surface area contributed by atoms with E-state index in [-0.39, 0.29) is 13.0 Å². The lowest BCUT2D eigenvalue weighted by Crippen LogP contribution is -2.33. The van der Waals surface area contributed by atoms with Crippen LogP contribution in [-0.4, -0.2) is 39.4 Å². The molecule has 0 saturated carbocycles. The number of aliphatic hydroxyl groups is 1. The van der Waals surface area contributed by atoms with E-state index >= 15 is 0 Å². The molecule has 32 heavy (non-hydrogen) atoms. The number of aryl methyl sites for hydroxylation is 1. The molecule has 2 aromatic carbocycles. The first-order valence-electron chi connectivity index (χ1n) is 10.4. The maximum absolute atomic E-state index is 13.0. The Hall–Kier alpha value is -3.49. The van der Waals surface area contributed by atoms with Crippen molar-refractivity contribution in [2.24, 2.45) is 0 Å². The molecule has 0 spiro atoms. The Morgan fingerprint density at radius 2 is 1.72 bits per heavy atom. The molecule has 166 valence electrons. The molecule has 8 heteroatoms. The van der Waals surface area contributed by atoms with Crippen LogP contribution in [0.5, 0.6) is 0 Å². The van der Waals surface area contributed by atoms with Crippen molar-refractivity contribution in [1.82, 2.24) is 9.55 Å². The summed E-state index contributed by atoms with van der Waals surface area (Å²) in [5, 5.41) is 10.4. The first-order valence-corrected chi connectivity index (χ1v) is 10.4. The van der Waals surface area contributed by atoms with E-state index in [2.05, 4.69) is 4.98 Å². The molecular weight excluding hydrogens is 412 g/mol. The van der Waals surface area contributed by atoms with Crippen molar-refractivity contribution in [1.29, 1.82) is 0 Å². The van der Waals surface area contributed by atoms with Crippen LogP contribution in [0, 0.1) is 6.92 Å². The van der Waals surface area contributed by atoms with Gasteiger partial charge < -0.3 is 14.6 Å². The van der Waals surface area contributed by atoms with Crippen molar-refractivity contribution in [2.45, 2.75) is 37.7 Å². The Morgan fingerprint density at radius 1 is 1.12 bits per heavy atom. The molecule has 4 rings (SSSR count). The van der Waals surface area contributed by atoms with Gasteiger partial charge in [0.25, 0.3) is 5.56 Å². The van der Waals surface area contributed by atoms with Gasteiger partial charge in [0.2, 0.25) is 0 Å². The van der Waals surface area contributed by atoms with E-state index in [0.717, 1.165) is 11.1 Å². The number of aromatic amines is 1. The van der Waals surface area contributed by atoms with E-state index in [4.69, 9.17) is 9.47 Å². The largest absolute Gasteiger partial charge is 0.462 e. The summed E-state index contributed by atoms with van der Waals surface area (Å²) in [6.45, 7) is 1.41. The van der Waals surface area contributed by atoms with Crippen LogP contribution >= 0.6 is 0 Å². The highest BCUT2D eigenvalue weighted by atomic mass is 16.6. The molecule has 1 aromatic heterocycles. The number of carbonyl (C=O) groups is 1. The first kappa shape index (κ1) is 21.7. The molecule has 0 bridgehead atoms. The van der Waals surface area contributed by atoms with E-state index in [0.29, 0.717) is 5.56 Å². The molecule has 0 radical (unpaired) electrons. The van der Waals surface area contributed by atoms with Gasteiger partial charge in [-0.25, -0.2) is 4.79 Å². The van der Waals surface area contributed by atoms with Crippen LogP contribution in [0.4, 0.5) is 0 Å². The number of nitrogens with one attached hydrogen (secondary N) is 1. The number of rotatable bonds is 6. The van der Waals surface area contributed by atoms with Crippen LogP contribution in [-0.2, 0) is 14.3 Å². The summed E-state index contributed by atoms with van der Waals surface area (Å²) in [4.78, 5) is 39.0. The van der Waals surface area contributed by atoms with Crippen LogP contribution < -0.4 is 11.2 Å². The molecular formula is C24H24N2O6. The zero-order valence-corrected chi connectivity index (χ0v) is 17.5. The van der Waals surface area contributed by atoms with Gasteiger partial charge in [-0.3, -0.25) is 19.1 Å². The summed E-state index contributed by atoms with van der Waals surface area (Å²) in [5.41, 5.74) is 0.854. The van der Waals surface area contributed by atoms with Gasteiger partial charge in [-0.15, -0.1) is 0 Å². The molecule has 2 N–H and O–H groups in total. The van der Waals surface area contributed by atoms with E-state index in [1.807, 2.05) is 60.7 Å². The Morgan fingerprint density at radius 3 is 2.31 bits per heavy atom. The van der Waals surface area contributed by atoms with Crippen molar-refractivity contribution in [3.8, 4) is 0 Å². The Bertz CT molecular complexity index is 1150. The van der Waals surface area contributed by atoms with Gasteiger partial charge in [-0.05, 0) is 18.1 Å². The van der Waals surface area contributed by atoms with Gasteiger partial charge in [-0.1, -0.05) is 60.7 Å². The third-order valence-corrected chi connectivity index (χ3v) is 5.55. The predicted octanol–water partition coefficient (Wildman–Crippen LogP) is 1.87. The van der Waals surface area contributed by atoms with E-state index < -0.39 is 41.6 Å². The fraction of sp³-hybridized carbons (Fsp3) is 0.292. The summed E-state index contributed by atoms with van der Waals surface area (Å²) >= 11 is 0. The molecule has 0 amide bonds. The predicted molar refractivity (Wildman–Crippen MR) is 116 cm³/mol. The zero-order chi connectivity index (χ0) is 22.7. The van der Waals surface area contributed by atoms with Crippen molar-refractivity contribution in [2.75, 3.05) is 6.61 Å². The van der Waals surface area contributed by atoms with Gasteiger partial charge in [0.15, 0.2) is 0 Å². The maximum Gasteiger partial charge on any atom is 0.330 e. The van der Waals surface area contributed by atoms with Gasteiger partial charge in [0.1, 0.15) is 24.9 Å². The zero-order valence-electron chi connectivity index (χ0n) is 17.5. The second kappa shape index (κ2) is 9.33. The molecule has 1 aliphatic rings. The van der Waals surface area contributed by atoms with Crippen molar-refractivity contribution >= 4 is 5.97 Å². The standard InChI is InChI=1S/C24H24N2O6/c1-15-13-26(24(30)25-22(15)28)20-12-18(27)19(32-20)14-31-23(29)21(16-8-4-2-5-9-16)17-10-6-3-7-11-17/h2-11,13,18-21,27H,12,14H2,1H3,(H,25,28,30)/t18-,19+,20+/m0/s1. The topological polar surface area (TPSA) is 111 Å². The number of hydrogen-bond acceptors (Lipinski definition) is 6. The minimum Gasteiger partial charge on any atom is -0.462 e. The molecule has 3 atom stereocenters. The molecule has 1 fully saturated rings. The minimum absolute atomic E-state index is 0.133. The lowest BCUT2D eigenvalue weighted by Gasteiger charge is -2.20. The fourth-order valence-corrected chi connectivity index (χ4v) is 3.84. The number of carbonyl (C=O) groups excluding carboxylic acids is 1. The smallest absolute Gasteiger partial charge is 0.330 e. The highest BCUT2D eigenvalue weighted by Crippen LogP contribution is 2.30. The lowest BCUT2D eigenvalue weighted by atomic mass is 9.91. The second-order valence-corrected chi connectivity index (χ2v) is 7.80. The molecule has 8 nitrogen and oxygen atoms in total. The number of aliphatic hydroxyl groups excluding tert-OH is 1. The van der Waals surface area contributed by atoms with Crippen molar-refractivity contribution in [3.63, 3.8) is 0 Å². The van der Waals surface area contributed by atoms with Crippen LogP contribution in [0.15, 0.2) is 76.4 Å². The molecule has 0 unspecified atom stereocenters. The van der Waals surface area contributed by atoms with E-state index in [1.165, 1.54) is 10.8 Å². The quantitative estimate of drug-likeness (QED) is 0.571. The number of H-pyrrole nitrogens is 1. The summed E-state index contributed by atoms with van der Waals surface area (Å²) in [6, 6.07) is 18.6. The molecule has 3 aromatic rings. The molecule has 1 saturated heterocycles. The number of benzene rings is 2. The van der Waals surface area contributed by atoms with E-state index in [9.17, 15) is 19.5 Å². The maximum atomic E-state index is 13.0. The SMILES string of the molecule is Cc1cn([C@H]2C[C@H](O)[C@@H](COC(=O)C(c3ccccc3)c3ccccc3)O2)c(=O)[nH]c1=O. The Labute approximate surface area is 184 Å². The second-order valence-electron chi connectivity index (χ2n) is 7.80. The normalized spacial score (nSPS) is 20.4. The lowest BCUT2D eigenvalue weighted by molar-refractivity contribution is -0.151. The molecule has 1 aliphatic heterocycles. The fourth-order valence-electron chi connectivity index (χ4n) is 3.84. The Balaban J connectivity index is 1.47. The van der Waals surface area contributed by atoms with Crippen molar-refractivity contribution in [3.05, 3.63) is 104 Å². The number of esters is 1. The number of nitrogens with zero attached hydrogens (tertiary/aromatic N) is 1. The minimum atomic E-state index is -0.932. The summed E-state index contributed by atoms with van der Waals surface area (Å²) in [6.07, 6.45) is -0.966. The highest BCUT2D eigenvalue weighted by Gasteiger charge is 2.37. The van der Waals surface area contributed by atoms with E-state index in [1.54, 1.807) is 6.92 Å². The van der Waals surface area contributed by atoms with Crippen LogP contribution in [0.2, 0.25) is 0 Å². The molecule has 0 aliphatic carbocycles. The Kier molecular flexibility index (Phi) is 6.34. The van der Waals surface area contributed by atoms with Crippen LogP contribution in [0.25, 0.3) is 0 Å². The van der Waals surface area contributed by atoms with Gasteiger partial charge in [0.05, 0.1) is 6.10 Å². The summed E-state index contributed by atoms with van der Waals surface area (Å²) in [7, 11) is 0. The summed E-state index contributed by atoms with van der Waals surface area (Å²) in [5.74, 6) is -1.07. The third kappa shape index (κ3) is 4.56. The average Bonchev–Trinajstić information content (AvgIpc) is 3.16. The number of ether oxygens (including phenoxy) is 2. The van der Waals surface area contributed by atoms with Gasteiger partial charge in [0, 0.05) is 18.2 Å². The third-order valence-electron chi connectivity index (χ3n) is 5.55. The van der Waals surface area contributed by atoms with Crippen LogP contribution in [0.1, 0.15) is 35.3 Å². The van der Waals surface area contributed by atoms with Crippen molar-refractivity contribution < 1.29 is 19.4 Å². The first-order chi connectivity index (χ1) is 15.4. The summed E-state index contributed by atoms with van der Waals surface area (Å²) < 4.78 is 12.6. The highest BCUT2D eigenvalue weighted by molar-refractivity contribution is 5.82. The number of hydrogen-bond donors (Lipinski definition) is 2. The average molecular weight is 436 g/mol. The van der Waals surface area contributed by atoms with Gasteiger partial charge >= 0.3 is 11.7 Å².